The first-order valence-corrected chi connectivity index (χ1v) is 22.6. The van der Waals surface area contributed by atoms with E-state index in [1.807, 2.05) is 6.08 Å². The number of hydrogen-bond acceptors (Lipinski definition) is 4. The number of aliphatic hydroxyl groups is 3. The summed E-state index contributed by atoms with van der Waals surface area (Å²) in [6.45, 7) is 4.08. The smallest absolute Gasteiger partial charge is 0.249 e. The molecular weight excluding hydrogens is 655 g/mol. The van der Waals surface area contributed by atoms with Crippen molar-refractivity contribution in [2.24, 2.45) is 0 Å². The standard InChI is InChI=1S/C48H87NO4/c1-3-5-7-9-11-13-15-16-17-18-19-20-21-22-23-24-25-26-27-28-29-30-31-33-35-37-39-41-43-47(52)48(53)49-45(44-50)46(51)42-40-38-36-34-32-14-12-10-8-6-4-2/h8,10,19-20,22-23,32,34,40,42,45-47,50-52H,3-7,9,11-18,21,24-31,33,35-39,41,43-44H2,1-2H3,(H,49,53)/b10-8+,20-19-,23-22-,34-32+,42-40+. The van der Waals surface area contributed by atoms with Gasteiger partial charge in [0, 0.05) is 0 Å². The topological polar surface area (TPSA) is 89.8 Å². The minimum Gasteiger partial charge on any atom is -0.394 e. The number of carbonyl (C=O) groups excluding carboxylic acids is 1. The molecule has 0 aliphatic heterocycles. The Balaban J connectivity index is 3.62. The number of nitrogens with one attached hydrogen (secondary N) is 1. The second-order valence-electron chi connectivity index (χ2n) is 15.2. The molecule has 0 radical (unpaired) electrons. The van der Waals surface area contributed by atoms with Crippen LogP contribution in [0.1, 0.15) is 213 Å². The Morgan fingerprint density at radius 3 is 1.32 bits per heavy atom. The number of rotatable bonds is 40. The predicted octanol–water partition coefficient (Wildman–Crippen LogP) is 13.1. The molecule has 0 aliphatic rings. The van der Waals surface area contributed by atoms with Crippen molar-refractivity contribution in [2.45, 2.75) is 231 Å². The van der Waals surface area contributed by atoms with E-state index in [4.69, 9.17) is 0 Å². The second-order valence-corrected chi connectivity index (χ2v) is 15.2. The van der Waals surface area contributed by atoms with E-state index >= 15 is 0 Å². The van der Waals surface area contributed by atoms with Gasteiger partial charge < -0.3 is 20.6 Å². The van der Waals surface area contributed by atoms with Crippen LogP contribution in [-0.2, 0) is 4.79 Å². The fourth-order valence-electron chi connectivity index (χ4n) is 6.49. The highest BCUT2D eigenvalue weighted by atomic mass is 16.3. The summed E-state index contributed by atoms with van der Waals surface area (Å²) in [7, 11) is 0. The van der Waals surface area contributed by atoms with Crippen LogP contribution in [0.2, 0.25) is 0 Å². The van der Waals surface area contributed by atoms with Gasteiger partial charge >= 0.3 is 0 Å². The molecule has 0 aliphatic carbocycles. The zero-order chi connectivity index (χ0) is 38.7. The second kappa shape index (κ2) is 42.8. The Morgan fingerprint density at radius 2 is 0.868 bits per heavy atom. The van der Waals surface area contributed by atoms with Gasteiger partial charge in [0.25, 0.3) is 0 Å². The average molecular weight is 742 g/mol. The predicted molar refractivity (Wildman–Crippen MR) is 231 cm³/mol. The molecule has 0 bridgehead atoms. The van der Waals surface area contributed by atoms with Crippen molar-refractivity contribution in [3.63, 3.8) is 0 Å². The molecule has 0 aromatic carbocycles. The van der Waals surface area contributed by atoms with Gasteiger partial charge in [-0.25, -0.2) is 0 Å². The SMILES string of the molecule is CCC/C=C/CC/C=C/CC/C=C/C(O)C(CO)NC(=O)C(O)CCCCCCCCCCCCCC/C=C\C/C=C\CCCCCCCCCCC. The lowest BCUT2D eigenvalue weighted by atomic mass is 10.0. The van der Waals surface area contributed by atoms with E-state index < -0.39 is 24.2 Å². The molecule has 5 nitrogen and oxygen atoms in total. The number of unbranched alkanes of at least 4 members (excludes halogenated alkanes) is 24. The van der Waals surface area contributed by atoms with Crippen LogP contribution in [-0.4, -0.2) is 46.1 Å². The maximum Gasteiger partial charge on any atom is 0.249 e. The van der Waals surface area contributed by atoms with Gasteiger partial charge in [0.05, 0.1) is 18.8 Å². The Morgan fingerprint density at radius 1 is 0.472 bits per heavy atom. The molecule has 0 saturated heterocycles. The van der Waals surface area contributed by atoms with E-state index in [-0.39, 0.29) is 6.61 Å². The van der Waals surface area contributed by atoms with Gasteiger partial charge in [0.15, 0.2) is 0 Å². The van der Waals surface area contributed by atoms with Gasteiger partial charge in [0.2, 0.25) is 5.91 Å². The molecular formula is C48H87NO4. The molecule has 0 spiro atoms. The van der Waals surface area contributed by atoms with Crippen LogP contribution in [0.4, 0.5) is 0 Å². The maximum absolute atomic E-state index is 12.4. The molecule has 3 unspecified atom stereocenters. The lowest BCUT2D eigenvalue weighted by Gasteiger charge is -2.21. The molecule has 0 heterocycles. The average Bonchev–Trinajstić information content (AvgIpc) is 3.16. The molecule has 4 N–H and O–H groups in total. The summed E-state index contributed by atoms with van der Waals surface area (Å²) in [6.07, 6.45) is 57.0. The van der Waals surface area contributed by atoms with Crippen molar-refractivity contribution in [3.8, 4) is 0 Å². The van der Waals surface area contributed by atoms with Crippen LogP contribution in [0, 0.1) is 0 Å². The summed E-state index contributed by atoms with van der Waals surface area (Å²) < 4.78 is 0. The Labute approximate surface area is 329 Å². The van der Waals surface area contributed by atoms with Crippen LogP contribution in [0.3, 0.4) is 0 Å². The molecule has 5 heteroatoms. The van der Waals surface area contributed by atoms with Crippen LogP contribution >= 0.6 is 0 Å². The number of amides is 1. The van der Waals surface area contributed by atoms with E-state index in [1.54, 1.807) is 6.08 Å². The third kappa shape index (κ3) is 38.1. The van der Waals surface area contributed by atoms with E-state index in [1.165, 1.54) is 135 Å². The summed E-state index contributed by atoms with van der Waals surface area (Å²) in [5.74, 6) is -0.522. The minimum absolute atomic E-state index is 0.384. The lowest BCUT2D eigenvalue weighted by molar-refractivity contribution is -0.131. The van der Waals surface area contributed by atoms with E-state index in [9.17, 15) is 20.1 Å². The molecule has 0 saturated carbocycles. The summed E-state index contributed by atoms with van der Waals surface area (Å²) in [6, 6.07) is -0.822. The van der Waals surface area contributed by atoms with Gasteiger partial charge in [-0.05, 0) is 70.6 Å². The van der Waals surface area contributed by atoms with Crippen molar-refractivity contribution in [2.75, 3.05) is 6.61 Å². The molecule has 53 heavy (non-hydrogen) atoms. The van der Waals surface area contributed by atoms with Crippen molar-refractivity contribution < 1.29 is 20.1 Å². The molecule has 308 valence electrons. The summed E-state index contributed by atoms with van der Waals surface area (Å²) in [5, 5.41) is 33.0. The van der Waals surface area contributed by atoms with Crippen molar-refractivity contribution in [1.29, 1.82) is 0 Å². The van der Waals surface area contributed by atoms with Gasteiger partial charge in [0.1, 0.15) is 6.10 Å². The van der Waals surface area contributed by atoms with Crippen LogP contribution in [0.15, 0.2) is 60.8 Å². The fourth-order valence-corrected chi connectivity index (χ4v) is 6.49. The van der Waals surface area contributed by atoms with Gasteiger partial charge in [-0.2, -0.15) is 0 Å². The minimum atomic E-state index is -1.11. The van der Waals surface area contributed by atoms with Gasteiger partial charge in [-0.1, -0.05) is 203 Å². The highest BCUT2D eigenvalue weighted by molar-refractivity contribution is 5.80. The number of aliphatic hydroxyl groups excluding tert-OH is 3. The first-order valence-electron chi connectivity index (χ1n) is 22.6. The quantitative estimate of drug-likeness (QED) is 0.0372. The third-order valence-electron chi connectivity index (χ3n) is 10.0. The van der Waals surface area contributed by atoms with E-state index in [2.05, 4.69) is 67.8 Å². The highest BCUT2D eigenvalue weighted by Crippen LogP contribution is 2.15. The Bertz CT molecular complexity index is 907. The van der Waals surface area contributed by atoms with Crippen molar-refractivity contribution in [3.05, 3.63) is 60.8 Å². The molecule has 3 atom stereocenters. The Hall–Kier alpha value is -1.95. The summed E-state index contributed by atoms with van der Waals surface area (Å²) in [4.78, 5) is 12.4. The van der Waals surface area contributed by atoms with Crippen LogP contribution < -0.4 is 5.32 Å². The number of carbonyl (C=O) groups is 1. The third-order valence-corrected chi connectivity index (χ3v) is 10.0. The first kappa shape index (κ1) is 51.0. The fraction of sp³-hybridized carbons (Fsp3) is 0.771. The van der Waals surface area contributed by atoms with Gasteiger partial charge in [-0.3, -0.25) is 4.79 Å². The zero-order valence-electron chi connectivity index (χ0n) is 34.9. The largest absolute Gasteiger partial charge is 0.394 e. The number of hydrogen-bond donors (Lipinski definition) is 4. The molecule has 0 rings (SSSR count). The van der Waals surface area contributed by atoms with Crippen LogP contribution in [0.25, 0.3) is 0 Å². The highest BCUT2D eigenvalue weighted by Gasteiger charge is 2.22. The Kier molecular flexibility index (Phi) is 41.2. The normalized spacial score (nSPS) is 14.1. The molecule has 0 fully saturated rings. The number of allylic oxidation sites excluding steroid dienone is 9. The van der Waals surface area contributed by atoms with E-state index in [0.717, 1.165) is 57.8 Å². The first-order chi connectivity index (χ1) is 26.1. The monoisotopic (exact) mass is 742 g/mol. The molecule has 0 aromatic heterocycles. The van der Waals surface area contributed by atoms with Gasteiger partial charge in [-0.15, -0.1) is 0 Å². The molecule has 0 aromatic rings. The zero-order valence-corrected chi connectivity index (χ0v) is 34.9. The molecule has 1 amide bonds. The van der Waals surface area contributed by atoms with E-state index in [0.29, 0.717) is 6.42 Å². The summed E-state index contributed by atoms with van der Waals surface area (Å²) in [5.41, 5.74) is 0. The van der Waals surface area contributed by atoms with Crippen LogP contribution in [0.5, 0.6) is 0 Å². The maximum atomic E-state index is 12.4. The summed E-state index contributed by atoms with van der Waals surface area (Å²) >= 11 is 0. The van der Waals surface area contributed by atoms with Crippen molar-refractivity contribution in [1.82, 2.24) is 5.32 Å². The van der Waals surface area contributed by atoms with Crippen molar-refractivity contribution >= 4 is 5.91 Å². The lowest BCUT2D eigenvalue weighted by Crippen LogP contribution is -2.48.